The van der Waals surface area contributed by atoms with Crippen molar-refractivity contribution in [1.82, 2.24) is 10.6 Å². The lowest BCUT2D eigenvalue weighted by Gasteiger charge is -2.20. The van der Waals surface area contributed by atoms with Crippen molar-refractivity contribution in [3.8, 4) is 0 Å². The molecule has 0 radical (unpaired) electrons. The van der Waals surface area contributed by atoms with E-state index in [1.165, 1.54) is 231 Å². The first kappa shape index (κ1) is 106. The fraction of sp³-hybridized carbons (Fsp3) is 0.929. The maximum Gasteiger partial charge on any atom is 0.472 e. The van der Waals surface area contributed by atoms with Crippen LogP contribution in [0.5, 0.6) is 0 Å². The number of carbonyl (C=O) groups excluding carboxylic acids is 6. The predicted octanol–water partition coefficient (Wildman–Crippen LogP) is 24.0. The van der Waals surface area contributed by atoms with Gasteiger partial charge in [0.15, 0.2) is 12.2 Å². The van der Waals surface area contributed by atoms with Crippen molar-refractivity contribution in [3.05, 3.63) is 0 Å². The molecule has 2 amide bonds. The second kappa shape index (κ2) is 81.3. The zero-order valence-corrected chi connectivity index (χ0v) is 72.6. The number of amides is 2. The van der Waals surface area contributed by atoms with Gasteiger partial charge < -0.3 is 39.4 Å². The number of rotatable bonds is 87. The summed E-state index contributed by atoms with van der Waals surface area (Å²) in [5.74, 6) is -0.668. The highest BCUT2D eigenvalue weighted by molar-refractivity contribution is 8.76. The van der Waals surface area contributed by atoms with E-state index in [1.807, 2.05) is 0 Å². The molecule has 0 saturated carbocycles. The number of unbranched alkanes of at least 4 members (excludes halogenated alkanes) is 50. The van der Waals surface area contributed by atoms with Gasteiger partial charge in [-0.3, -0.25) is 46.9 Å². The normalized spacial score (nSPS) is 13.2. The molecule has 638 valence electrons. The van der Waals surface area contributed by atoms with E-state index in [0.717, 1.165) is 101 Å². The lowest BCUT2D eigenvalue weighted by molar-refractivity contribution is -0.161. The highest BCUT2D eigenvalue weighted by Crippen LogP contribution is 2.44. The van der Waals surface area contributed by atoms with Gasteiger partial charge >= 0.3 is 39.5 Å². The molecule has 0 saturated heterocycles. The number of ether oxygens (including phenoxy) is 4. The number of phosphoric acid groups is 2. The van der Waals surface area contributed by atoms with Crippen molar-refractivity contribution >= 4 is 72.9 Å². The van der Waals surface area contributed by atoms with Gasteiger partial charge in [0.2, 0.25) is 11.8 Å². The first-order valence-corrected chi connectivity index (χ1v) is 49.8. The summed E-state index contributed by atoms with van der Waals surface area (Å²) in [5.41, 5.74) is 0. The SMILES string of the molecule is CCCCCCCCCCCCCCCCCC(=O)OC[C@H](COP(=O)(O)OCCNC(=O)CCCCSSCCCCC(=O)NCCOP(=O)(O)OC[C@@H](COC(=O)CCCCCCCCCCCCC)OC(=O)CCCCCCCCCCCCC)OC(=O)CCCCCCCCCCCCCCCCC. The summed E-state index contributed by atoms with van der Waals surface area (Å²) in [6.07, 6.45) is 63.5. The molecule has 20 nitrogen and oxygen atoms in total. The van der Waals surface area contributed by atoms with E-state index >= 15 is 0 Å². The molecule has 0 aromatic heterocycles. The van der Waals surface area contributed by atoms with Crippen LogP contribution in [0, 0.1) is 0 Å². The largest absolute Gasteiger partial charge is 0.472 e. The van der Waals surface area contributed by atoms with Crippen molar-refractivity contribution in [2.45, 2.75) is 438 Å². The Morgan fingerprint density at radius 3 is 0.731 bits per heavy atom. The molecule has 0 aliphatic rings. The lowest BCUT2D eigenvalue weighted by atomic mass is 10.0. The summed E-state index contributed by atoms with van der Waals surface area (Å²) in [6, 6.07) is 0. The molecule has 0 aromatic rings. The van der Waals surface area contributed by atoms with Gasteiger partial charge in [-0.05, 0) is 51.4 Å². The fourth-order valence-corrected chi connectivity index (χ4v) is 16.5. The van der Waals surface area contributed by atoms with Gasteiger partial charge in [0.05, 0.1) is 26.4 Å². The van der Waals surface area contributed by atoms with Crippen molar-refractivity contribution in [3.63, 3.8) is 0 Å². The van der Waals surface area contributed by atoms with Gasteiger partial charge in [-0.1, -0.05) is 357 Å². The van der Waals surface area contributed by atoms with Gasteiger partial charge in [-0.25, -0.2) is 9.13 Å². The van der Waals surface area contributed by atoms with Gasteiger partial charge in [-0.15, -0.1) is 0 Å². The Balaban J connectivity index is 4.65. The average molecular weight is 1610 g/mol. The molecule has 108 heavy (non-hydrogen) atoms. The van der Waals surface area contributed by atoms with Crippen LogP contribution < -0.4 is 10.6 Å². The van der Waals surface area contributed by atoms with E-state index in [-0.39, 0.29) is 89.9 Å². The standard InChI is InChI=1S/C84H162N2O18P2S2/c1-5-9-13-17-21-25-29-31-33-35-39-42-46-50-54-64-82(90)98-74-78(104-84(92)66-56-52-48-44-40-36-34-32-30-26-22-18-14-10-6-2)76-102-106(95,96)100-70-68-86-80(88)62-58-60-72-108-107-71-59-57-61-79(87)85-67-69-99-105(93,94)101-75-77(103-83(91)65-55-51-47-43-38-28-24-20-16-12-8-4)73-97-81(89)63-53-49-45-41-37-27-23-19-15-11-7-3/h77-78H,5-76H2,1-4H3,(H,85,87)(H,86,88)(H,93,94)(H,95,96)/t77-,78-/m1/s1. The number of hydrogen-bond acceptors (Lipinski definition) is 18. The first-order chi connectivity index (χ1) is 52.6. The van der Waals surface area contributed by atoms with Gasteiger partial charge in [0.1, 0.15) is 13.2 Å². The summed E-state index contributed by atoms with van der Waals surface area (Å²) >= 11 is 0. The molecule has 2 unspecified atom stereocenters. The Morgan fingerprint density at radius 2 is 0.491 bits per heavy atom. The van der Waals surface area contributed by atoms with E-state index in [4.69, 9.17) is 37.0 Å². The van der Waals surface area contributed by atoms with Crippen LogP contribution in [0.2, 0.25) is 0 Å². The molecular weight excluding hydrogens is 1450 g/mol. The number of hydrogen-bond donors (Lipinski definition) is 4. The van der Waals surface area contributed by atoms with E-state index < -0.39 is 64.9 Å². The summed E-state index contributed by atoms with van der Waals surface area (Å²) < 4.78 is 68.6. The van der Waals surface area contributed by atoms with Crippen LogP contribution in [0.4, 0.5) is 0 Å². The Hall–Kier alpha value is -2.26. The number of phosphoric ester groups is 2. The summed E-state index contributed by atoms with van der Waals surface area (Å²) in [6.45, 7) is 6.62. The quantitative estimate of drug-likeness (QED) is 0.0145. The Morgan fingerprint density at radius 1 is 0.278 bits per heavy atom. The molecule has 0 aromatic carbocycles. The van der Waals surface area contributed by atoms with Crippen LogP contribution in [0.15, 0.2) is 0 Å². The van der Waals surface area contributed by atoms with Gasteiger partial charge in [0, 0.05) is 63.1 Å². The van der Waals surface area contributed by atoms with Crippen LogP contribution >= 0.6 is 37.2 Å². The molecule has 24 heteroatoms. The molecule has 0 spiro atoms. The van der Waals surface area contributed by atoms with Crippen LogP contribution in [-0.2, 0) is 74.9 Å². The van der Waals surface area contributed by atoms with Crippen molar-refractivity contribution < 1.29 is 84.7 Å². The van der Waals surface area contributed by atoms with Gasteiger partial charge in [-0.2, -0.15) is 0 Å². The second-order valence-corrected chi connectivity index (χ2v) is 35.6. The van der Waals surface area contributed by atoms with E-state index in [1.54, 1.807) is 21.6 Å². The number of esters is 4. The summed E-state index contributed by atoms with van der Waals surface area (Å²) in [4.78, 5) is 97.4. The Kier molecular flexibility index (Phi) is 79.6. The van der Waals surface area contributed by atoms with Gasteiger partial charge in [0.25, 0.3) is 0 Å². The molecule has 0 heterocycles. The minimum atomic E-state index is -4.63. The highest BCUT2D eigenvalue weighted by Gasteiger charge is 2.28. The first-order valence-electron chi connectivity index (χ1n) is 44.3. The minimum absolute atomic E-state index is 0.0277. The van der Waals surface area contributed by atoms with E-state index in [9.17, 15) is 47.7 Å². The average Bonchev–Trinajstić information content (AvgIpc) is 0.914. The molecule has 0 fully saturated rings. The predicted molar refractivity (Wildman–Crippen MR) is 445 cm³/mol. The third-order valence-electron chi connectivity index (χ3n) is 19.4. The highest BCUT2D eigenvalue weighted by atomic mass is 33.1. The topological polar surface area (TPSA) is 275 Å². The molecule has 4 atom stereocenters. The van der Waals surface area contributed by atoms with Crippen LogP contribution in [0.3, 0.4) is 0 Å². The van der Waals surface area contributed by atoms with E-state index in [0.29, 0.717) is 38.5 Å². The minimum Gasteiger partial charge on any atom is -0.462 e. The molecule has 0 rings (SSSR count). The summed E-state index contributed by atoms with van der Waals surface area (Å²) in [5, 5.41) is 5.39. The van der Waals surface area contributed by atoms with Crippen LogP contribution in [0.25, 0.3) is 0 Å². The molecule has 0 aliphatic carbocycles. The zero-order chi connectivity index (χ0) is 79.0. The Labute approximate surface area is 666 Å². The maximum atomic E-state index is 13.0. The third-order valence-corrected chi connectivity index (χ3v) is 24.0. The van der Waals surface area contributed by atoms with Crippen molar-refractivity contribution in [2.24, 2.45) is 0 Å². The molecule has 0 aliphatic heterocycles. The zero-order valence-electron chi connectivity index (χ0n) is 69.2. The fourth-order valence-electron chi connectivity index (χ4n) is 12.7. The molecule has 4 N–H and O–H groups in total. The second-order valence-electron chi connectivity index (χ2n) is 30.0. The van der Waals surface area contributed by atoms with Crippen LogP contribution in [-0.4, -0.2) is 122 Å². The number of nitrogens with one attached hydrogen (secondary N) is 2. The Bertz CT molecular complexity index is 2170. The summed E-state index contributed by atoms with van der Waals surface area (Å²) in [7, 11) is -5.89. The third kappa shape index (κ3) is 80.4. The van der Waals surface area contributed by atoms with E-state index in [2.05, 4.69) is 38.3 Å². The monoisotopic (exact) mass is 1610 g/mol. The maximum absolute atomic E-state index is 13.0. The van der Waals surface area contributed by atoms with Crippen LogP contribution in [0.1, 0.15) is 426 Å². The molecule has 0 bridgehead atoms. The smallest absolute Gasteiger partial charge is 0.462 e. The van der Waals surface area contributed by atoms with Crippen molar-refractivity contribution in [2.75, 3.05) is 64.2 Å². The molecular formula is C84H162N2O18P2S2. The van der Waals surface area contributed by atoms with Crippen molar-refractivity contribution in [1.29, 1.82) is 0 Å². The number of carbonyl (C=O) groups is 6. The lowest BCUT2D eigenvalue weighted by Crippen LogP contribution is -2.30.